The second-order valence-electron chi connectivity index (χ2n) is 7.96. The van der Waals surface area contributed by atoms with Crippen LogP contribution in [0.2, 0.25) is 0 Å². The normalized spacial score (nSPS) is 27.1. The molecule has 1 N–H and O–H groups in total. The minimum Gasteiger partial charge on any atom is -0.465 e. The molecule has 2 atom stereocenters. The van der Waals surface area contributed by atoms with Crippen LogP contribution in [0.3, 0.4) is 0 Å². The van der Waals surface area contributed by atoms with Gasteiger partial charge in [0, 0.05) is 31.7 Å². The molecule has 2 aliphatic heterocycles. The Morgan fingerprint density at radius 2 is 1.93 bits per heavy atom. The van der Waals surface area contributed by atoms with E-state index in [-0.39, 0.29) is 23.8 Å². The van der Waals surface area contributed by atoms with E-state index in [1.807, 2.05) is 11.8 Å². The van der Waals surface area contributed by atoms with Crippen molar-refractivity contribution in [3.05, 3.63) is 35.1 Å². The summed E-state index contributed by atoms with van der Waals surface area (Å²) >= 11 is 0. The lowest BCUT2D eigenvalue weighted by atomic mass is 9.88. The van der Waals surface area contributed by atoms with E-state index in [0.717, 1.165) is 43.5 Å². The lowest BCUT2D eigenvalue weighted by molar-refractivity contribution is -0.138. The van der Waals surface area contributed by atoms with Gasteiger partial charge in [-0.25, -0.2) is 9.18 Å². The molecule has 3 fully saturated rings. The molecule has 3 aliphatic rings. The van der Waals surface area contributed by atoms with Crippen molar-refractivity contribution >= 4 is 12.0 Å². The first kappa shape index (κ1) is 18.2. The van der Waals surface area contributed by atoms with Gasteiger partial charge in [-0.05, 0) is 55.9 Å². The summed E-state index contributed by atoms with van der Waals surface area (Å²) in [5, 5.41) is 9.63. The fourth-order valence-electron chi connectivity index (χ4n) is 4.60. The van der Waals surface area contributed by atoms with Gasteiger partial charge in [-0.1, -0.05) is 6.07 Å². The quantitative estimate of drug-likeness (QED) is 0.882. The highest BCUT2D eigenvalue weighted by Crippen LogP contribution is 2.36. The molecule has 4 rings (SSSR count). The highest BCUT2D eigenvalue weighted by Gasteiger charge is 2.40. The monoisotopic (exact) mass is 375 g/mol. The van der Waals surface area contributed by atoms with Crippen LogP contribution in [0.1, 0.15) is 42.9 Å². The predicted molar refractivity (Wildman–Crippen MR) is 97.9 cm³/mol. The predicted octanol–water partition coefficient (Wildman–Crippen LogP) is 2.62. The fraction of sp³-hybridized carbons (Fsp3) is 0.600. The van der Waals surface area contributed by atoms with Crippen LogP contribution in [0.15, 0.2) is 18.2 Å². The first-order valence-corrected chi connectivity index (χ1v) is 9.73. The van der Waals surface area contributed by atoms with Gasteiger partial charge in [0.1, 0.15) is 5.82 Å². The van der Waals surface area contributed by atoms with Gasteiger partial charge in [-0.3, -0.25) is 9.69 Å². The number of halogens is 1. The molecule has 2 heterocycles. The molecule has 1 aromatic carbocycles. The standard InChI is InChI=1S/C20H26FN3O3/c1-13-10-14(21)2-5-17(13)18-11-16(6-7-24(18)20(26)27)22-8-9-23(15-3-4-15)19(25)12-22/h2,5,10,15-16,18H,3-4,6-9,11-12H2,1H3,(H,26,27)/t16-,18+/m0/s1. The second kappa shape index (κ2) is 7.11. The molecule has 1 aromatic rings. The average Bonchev–Trinajstić information content (AvgIpc) is 3.46. The molecule has 1 saturated carbocycles. The number of hydrogen-bond acceptors (Lipinski definition) is 3. The smallest absolute Gasteiger partial charge is 0.407 e. The number of benzene rings is 1. The summed E-state index contributed by atoms with van der Waals surface area (Å²) in [5.74, 6) is -0.119. The highest BCUT2D eigenvalue weighted by molar-refractivity contribution is 5.79. The molecule has 0 aromatic heterocycles. The third kappa shape index (κ3) is 3.65. The zero-order chi connectivity index (χ0) is 19.1. The van der Waals surface area contributed by atoms with Crippen molar-refractivity contribution in [3.63, 3.8) is 0 Å². The van der Waals surface area contributed by atoms with Crippen molar-refractivity contribution in [2.24, 2.45) is 0 Å². The van der Waals surface area contributed by atoms with Crippen molar-refractivity contribution in [3.8, 4) is 0 Å². The third-order valence-corrected chi connectivity index (χ3v) is 6.20. The lowest BCUT2D eigenvalue weighted by Gasteiger charge is -2.45. The van der Waals surface area contributed by atoms with E-state index in [1.54, 1.807) is 6.07 Å². The van der Waals surface area contributed by atoms with Crippen LogP contribution in [-0.4, -0.2) is 70.1 Å². The molecule has 0 radical (unpaired) electrons. The molecule has 2 saturated heterocycles. The van der Waals surface area contributed by atoms with Crippen molar-refractivity contribution in [2.75, 3.05) is 26.2 Å². The molecular formula is C20H26FN3O3. The van der Waals surface area contributed by atoms with E-state index < -0.39 is 6.09 Å². The number of rotatable bonds is 3. The van der Waals surface area contributed by atoms with Gasteiger partial charge in [0.05, 0.1) is 12.6 Å². The number of hydrogen-bond donors (Lipinski definition) is 1. The Labute approximate surface area is 158 Å². The lowest BCUT2D eigenvalue weighted by Crippen LogP contribution is -2.56. The molecule has 2 amide bonds. The van der Waals surface area contributed by atoms with Gasteiger partial charge in [0.2, 0.25) is 5.91 Å². The Morgan fingerprint density at radius 1 is 1.15 bits per heavy atom. The topological polar surface area (TPSA) is 64.1 Å². The Kier molecular flexibility index (Phi) is 4.80. The van der Waals surface area contributed by atoms with E-state index in [0.29, 0.717) is 25.6 Å². The largest absolute Gasteiger partial charge is 0.465 e. The first-order valence-electron chi connectivity index (χ1n) is 9.73. The van der Waals surface area contributed by atoms with Crippen LogP contribution in [-0.2, 0) is 4.79 Å². The summed E-state index contributed by atoms with van der Waals surface area (Å²) in [6.45, 7) is 4.28. The first-order chi connectivity index (χ1) is 12.9. The summed E-state index contributed by atoms with van der Waals surface area (Å²) in [6, 6.07) is 4.85. The fourth-order valence-corrected chi connectivity index (χ4v) is 4.60. The number of carboxylic acid groups (broad SMARTS) is 1. The average molecular weight is 375 g/mol. The van der Waals surface area contributed by atoms with Gasteiger partial charge in [-0.15, -0.1) is 0 Å². The summed E-state index contributed by atoms with van der Waals surface area (Å²) in [5.41, 5.74) is 1.62. The van der Waals surface area contributed by atoms with Crippen LogP contribution in [0.4, 0.5) is 9.18 Å². The molecule has 0 spiro atoms. The number of nitrogens with zero attached hydrogens (tertiary/aromatic N) is 3. The molecule has 0 unspecified atom stereocenters. The van der Waals surface area contributed by atoms with Crippen molar-refractivity contribution in [2.45, 2.75) is 50.7 Å². The summed E-state index contributed by atoms with van der Waals surface area (Å²) in [6.07, 6.45) is 2.65. The third-order valence-electron chi connectivity index (χ3n) is 6.20. The van der Waals surface area contributed by atoms with Crippen LogP contribution in [0, 0.1) is 12.7 Å². The van der Waals surface area contributed by atoms with E-state index in [9.17, 15) is 19.1 Å². The molecule has 27 heavy (non-hydrogen) atoms. The number of piperazine rings is 1. The zero-order valence-corrected chi connectivity index (χ0v) is 15.6. The van der Waals surface area contributed by atoms with E-state index in [2.05, 4.69) is 4.90 Å². The van der Waals surface area contributed by atoms with Gasteiger partial charge in [0.25, 0.3) is 0 Å². The van der Waals surface area contributed by atoms with E-state index in [1.165, 1.54) is 17.0 Å². The van der Waals surface area contributed by atoms with Crippen LogP contribution >= 0.6 is 0 Å². The Balaban J connectivity index is 1.51. The van der Waals surface area contributed by atoms with Crippen molar-refractivity contribution in [1.29, 1.82) is 0 Å². The van der Waals surface area contributed by atoms with Gasteiger partial charge in [-0.2, -0.15) is 0 Å². The van der Waals surface area contributed by atoms with E-state index >= 15 is 0 Å². The summed E-state index contributed by atoms with van der Waals surface area (Å²) < 4.78 is 13.5. The number of carbonyl (C=O) groups is 2. The number of carbonyl (C=O) groups excluding carboxylic acids is 1. The van der Waals surface area contributed by atoms with Crippen molar-refractivity contribution < 1.29 is 19.1 Å². The minimum atomic E-state index is -0.947. The number of piperidine rings is 1. The maximum Gasteiger partial charge on any atom is 0.407 e. The molecule has 7 heteroatoms. The Bertz CT molecular complexity index is 752. The zero-order valence-electron chi connectivity index (χ0n) is 15.6. The van der Waals surface area contributed by atoms with Crippen LogP contribution in [0.5, 0.6) is 0 Å². The maximum absolute atomic E-state index is 13.5. The highest BCUT2D eigenvalue weighted by atomic mass is 19.1. The maximum atomic E-state index is 13.5. The van der Waals surface area contributed by atoms with Crippen molar-refractivity contribution in [1.82, 2.24) is 14.7 Å². The number of aryl methyl sites for hydroxylation is 1. The molecule has 0 bridgehead atoms. The number of amides is 2. The molecule has 146 valence electrons. The molecule has 6 nitrogen and oxygen atoms in total. The second-order valence-corrected chi connectivity index (χ2v) is 7.96. The van der Waals surface area contributed by atoms with Crippen LogP contribution < -0.4 is 0 Å². The molecular weight excluding hydrogens is 349 g/mol. The Hall–Kier alpha value is -2.15. The summed E-state index contributed by atoms with van der Waals surface area (Å²) in [7, 11) is 0. The van der Waals surface area contributed by atoms with Gasteiger partial charge in [0.15, 0.2) is 0 Å². The number of likely N-dealkylation sites (tertiary alicyclic amines) is 1. The summed E-state index contributed by atoms with van der Waals surface area (Å²) in [4.78, 5) is 29.9. The van der Waals surface area contributed by atoms with Gasteiger partial charge >= 0.3 is 6.09 Å². The van der Waals surface area contributed by atoms with E-state index in [4.69, 9.17) is 0 Å². The Morgan fingerprint density at radius 3 is 2.56 bits per heavy atom. The SMILES string of the molecule is Cc1cc(F)ccc1[C@H]1C[C@@H](N2CCN(C3CC3)C(=O)C2)CCN1C(=O)O. The molecule has 1 aliphatic carbocycles. The minimum absolute atomic E-state index is 0.167. The van der Waals surface area contributed by atoms with Crippen LogP contribution in [0.25, 0.3) is 0 Å². The van der Waals surface area contributed by atoms with Gasteiger partial charge < -0.3 is 14.9 Å².